The molecule has 132 valence electrons. The molecule has 0 radical (unpaired) electrons. The predicted octanol–water partition coefficient (Wildman–Crippen LogP) is 2.46. The molecule has 1 heterocycles. The zero-order chi connectivity index (χ0) is 17.2. The third-order valence-corrected chi connectivity index (χ3v) is 4.09. The summed E-state index contributed by atoms with van der Waals surface area (Å²) in [6, 6.07) is 0. The molecule has 6 heteroatoms. The lowest BCUT2D eigenvalue weighted by Gasteiger charge is -2.13. The van der Waals surface area contributed by atoms with E-state index < -0.39 is 0 Å². The largest absolute Gasteiger partial charge is 0.369 e. The summed E-state index contributed by atoms with van der Waals surface area (Å²) in [7, 11) is 4.11. The van der Waals surface area contributed by atoms with Gasteiger partial charge in [-0.15, -0.1) is 0 Å². The Balaban J connectivity index is 1.69. The van der Waals surface area contributed by atoms with E-state index in [9.17, 15) is 4.79 Å². The van der Waals surface area contributed by atoms with Crippen LogP contribution in [0.5, 0.6) is 0 Å². The number of aromatic nitrogens is 2. The zero-order valence-electron chi connectivity index (χ0n) is 14.8. The lowest BCUT2D eigenvalue weighted by Crippen LogP contribution is -2.26. The average molecular weight is 331 g/mol. The number of carbonyl (C=O) groups excluding carboxylic acids is 1. The number of nitrogens with zero attached hydrogens (tertiary/aromatic N) is 3. The number of amides is 1. The second kappa shape index (κ2) is 10.0. The molecule has 1 aromatic heterocycles. The molecule has 2 N–H and O–H groups in total. The van der Waals surface area contributed by atoms with Crippen LogP contribution < -0.4 is 10.6 Å². The Morgan fingerprint density at radius 2 is 2.08 bits per heavy atom. The highest BCUT2D eigenvalue weighted by Crippen LogP contribution is 2.19. The van der Waals surface area contributed by atoms with Crippen molar-refractivity contribution >= 4 is 11.7 Å². The fourth-order valence-corrected chi connectivity index (χ4v) is 2.71. The topological polar surface area (TPSA) is 70.2 Å². The van der Waals surface area contributed by atoms with Gasteiger partial charge in [0, 0.05) is 13.1 Å². The Hall–Kier alpha value is -1.95. The number of nitrogens with one attached hydrogen (secondary N) is 2. The average Bonchev–Trinajstić information content (AvgIpc) is 2.60. The first-order valence-electron chi connectivity index (χ1n) is 8.82. The molecule has 0 spiro atoms. The summed E-state index contributed by atoms with van der Waals surface area (Å²) in [5.41, 5.74) is 1.83. The van der Waals surface area contributed by atoms with Crippen LogP contribution in [0.2, 0.25) is 0 Å². The number of anilines is 1. The fraction of sp³-hybridized carbons (Fsp3) is 0.611. The van der Waals surface area contributed by atoms with Crippen LogP contribution in [0.3, 0.4) is 0 Å². The van der Waals surface area contributed by atoms with Gasteiger partial charge < -0.3 is 15.5 Å². The van der Waals surface area contributed by atoms with Crippen LogP contribution in [0.4, 0.5) is 5.82 Å². The van der Waals surface area contributed by atoms with Gasteiger partial charge in [-0.1, -0.05) is 11.6 Å². The minimum Gasteiger partial charge on any atom is -0.369 e. The van der Waals surface area contributed by atoms with Crippen molar-refractivity contribution in [3.63, 3.8) is 0 Å². The second-order valence-corrected chi connectivity index (χ2v) is 6.48. The molecule has 0 saturated carbocycles. The van der Waals surface area contributed by atoms with Crippen LogP contribution in [-0.2, 0) is 0 Å². The Labute approximate surface area is 144 Å². The molecule has 0 aliphatic heterocycles. The molecule has 0 fully saturated rings. The van der Waals surface area contributed by atoms with E-state index in [4.69, 9.17) is 0 Å². The van der Waals surface area contributed by atoms with E-state index >= 15 is 0 Å². The molecule has 6 nitrogen and oxygen atoms in total. The summed E-state index contributed by atoms with van der Waals surface area (Å²) in [5.74, 6) is 0.552. The van der Waals surface area contributed by atoms with E-state index in [2.05, 4.69) is 45.7 Å². The van der Waals surface area contributed by atoms with Crippen LogP contribution in [0.25, 0.3) is 0 Å². The van der Waals surface area contributed by atoms with Crippen LogP contribution in [0.1, 0.15) is 49.0 Å². The van der Waals surface area contributed by atoms with Gasteiger partial charge in [-0.3, -0.25) is 4.79 Å². The molecule has 2 rings (SSSR count). The van der Waals surface area contributed by atoms with Crippen molar-refractivity contribution in [2.24, 2.45) is 0 Å². The van der Waals surface area contributed by atoms with Crippen molar-refractivity contribution in [2.45, 2.75) is 38.5 Å². The number of hydrogen-bond donors (Lipinski definition) is 2. The fourth-order valence-electron chi connectivity index (χ4n) is 2.71. The van der Waals surface area contributed by atoms with Gasteiger partial charge in [0.15, 0.2) is 0 Å². The van der Waals surface area contributed by atoms with Crippen LogP contribution in [-0.4, -0.2) is 54.5 Å². The van der Waals surface area contributed by atoms with Gasteiger partial charge >= 0.3 is 0 Å². The Morgan fingerprint density at radius 3 is 2.75 bits per heavy atom. The molecule has 0 aromatic carbocycles. The molecule has 1 aliphatic carbocycles. The summed E-state index contributed by atoms with van der Waals surface area (Å²) < 4.78 is 0. The summed E-state index contributed by atoms with van der Waals surface area (Å²) in [4.78, 5) is 22.7. The van der Waals surface area contributed by atoms with Crippen LogP contribution >= 0.6 is 0 Å². The van der Waals surface area contributed by atoms with E-state index in [0.717, 1.165) is 25.9 Å². The predicted molar refractivity (Wildman–Crippen MR) is 97.2 cm³/mol. The zero-order valence-corrected chi connectivity index (χ0v) is 14.8. The summed E-state index contributed by atoms with van der Waals surface area (Å²) in [5, 5.41) is 6.14. The van der Waals surface area contributed by atoms with Crippen molar-refractivity contribution < 1.29 is 4.79 Å². The first-order chi connectivity index (χ1) is 11.6. The number of allylic oxidation sites excluding steroid dienone is 1. The second-order valence-electron chi connectivity index (χ2n) is 6.48. The van der Waals surface area contributed by atoms with Crippen LogP contribution in [0, 0.1) is 0 Å². The Morgan fingerprint density at radius 1 is 1.21 bits per heavy atom. The Bertz CT molecular complexity index is 539. The Kier molecular flexibility index (Phi) is 7.68. The summed E-state index contributed by atoms with van der Waals surface area (Å²) >= 11 is 0. The molecule has 24 heavy (non-hydrogen) atoms. The maximum Gasteiger partial charge on any atom is 0.271 e. The normalized spacial score (nSPS) is 14.4. The minimum absolute atomic E-state index is 0.155. The summed E-state index contributed by atoms with van der Waals surface area (Å²) in [6.07, 6.45) is 12.3. The van der Waals surface area contributed by atoms with Crippen LogP contribution in [0.15, 0.2) is 24.0 Å². The van der Waals surface area contributed by atoms with E-state index in [1.807, 2.05) is 0 Å². The van der Waals surface area contributed by atoms with Crippen molar-refractivity contribution in [2.75, 3.05) is 39.0 Å². The first-order valence-corrected chi connectivity index (χ1v) is 8.82. The molecule has 0 atom stereocenters. The van der Waals surface area contributed by atoms with Gasteiger partial charge in [0.25, 0.3) is 5.91 Å². The number of rotatable bonds is 9. The summed E-state index contributed by atoms with van der Waals surface area (Å²) in [6.45, 7) is 2.53. The molecule has 0 bridgehead atoms. The smallest absolute Gasteiger partial charge is 0.271 e. The molecule has 0 saturated heterocycles. The van der Waals surface area contributed by atoms with Gasteiger partial charge in [-0.25, -0.2) is 9.97 Å². The monoisotopic (exact) mass is 331 g/mol. The quantitative estimate of drug-likeness (QED) is 0.537. The number of carbonyl (C=O) groups is 1. The lowest BCUT2D eigenvalue weighted by molar-refractivity contribution is 0.0948. The molecule has 1 amide bonds. The molecule has 1 aromatic rings. The highest BCUT2D eigenvalue weighted by molar-refractivity contribution is 5.91. The maximum absolute atomic E-state index is 12.1. The molecular formula is C18H29N5O. The lowest BCUT2D eigenvalue weighted by atomic mass is 9.97. The van der Waals surface area contributed by atoms with Crippen molar-refractivity contribution in [1.29, 1.82) is 0 Å². The highest BCUT2D eigenvalue weighted by Gasteiger charge is 2.09. The molecular weight excluding hydrogens is 302 g/mol. The maximum atomic E-state index is 12.1. The SMILES string of the molecule is CN(C)CCCNc1cnc(C(=O)NCCC2=CCCCC2)cn1. The van der Waals surface area contributed by atoms with E-state index in [1.54, 1.807) is 6.20 Å². The molecule has 1 aliphatic rings. The third-order valence-electron chi connectivity index (χ3n) is 4.09. The first kappa shape index (κ1) is 18.4. The van der Waals surface area contributed by atoms with Gasteiger partial charge in [0.1, 0.15) is 11.5 Å². The van der Waals surface area contributed by atoms with E-state index in [0.29, 0.717) is 18.1 Å². The van der Waals surface area contributed by atoms with E-state index in [-0.39, 0.29) is 5.91 Å². The molecule has 0 unspecified atom stereocenters. The van der Waals surface area contributed by atoms with Gasteiger partial charge in [0.2, 0.25) is 0 Å². The highest BCUT2D eigenvalue weighted by atomic mass is 16.1. The standard InChI is InChI=1S/C18H29N5O/c1-23(2)12-6-10-19-17-14-21-16(13-22-17)18(24)20-11-9-15-7-4-3-5-8-15/h7,13-14H,3-6,8-12H2,1-2H3,(H,19,22)(H,20,24). The van der Waals surface area contributed by atoms with Gasteiger partial charge in [-0.2, -0.15) is 0 Å². The van der Waals surface area contributed by atoms with Crippen molar-refractivity contribution in [3.05, 3.63) is 29.7 Å². The third kappa shape index (κ3) is 6.66. The van der Waals surface area contributed by atoms with Crippen molar-refractivity contribution in [3.8, 4) is 0 Å². The van der Waals surface area contributed by atoms with Gasteiger partial charge in [0.05, 0.1) is 12.4 Å². The van der Waals surface area contributed by atoms with Gasteiger partial charge in [-0.05, 0) is 59.2 Å². The van der Waals surface area contributed by atoms with E-state index in [1.165, 1.54) is 37.5 Å². The minimum atomic E-state index is -0.155. The van der Waals surface area contributed by atoms with Crippen molar-refractivity contribution in [1.82, 2.24) is 20.2 Å². The number of hydrogen-bond acceptors (Lipinski definition) is 5.